The third-order valence-corrected chi connectivity index (χ3v) is 4.79. The molecule has 2 heterocycles. The average Bonchev–Trinajstić information content (AvgIpc) is 2.62. The predicted octanol–water partition coefficient (Wildman–Crippen LogP) is 1.88. The zero-order valence-electron chi connectivity index (χ0n) is 14.8. The van der Waals surface area contributed by atoms with Crippen molar-refractivity contribution in [3.8, 4) is 0 Å². The minimum Gasteiger partial charge on any atom is -0.395 e. The fraction of sp³-hybridized carbons (Fsp3) is 0.667. The molecule has 1 fully saturated rings. The van der Waals surface area contributed by atoms with Crippen LogP contribution < -0.4 is 5.32 Å². The maximum Gasteiger partial charge on any atom is 0.317 e. The molecule has 0 bridgehead atoms. The van der Waals surface area contributed by atoms with Crippen LogP contribution in [0.3, 0.4) is 0 Å². The Balaban J connectivity index is 1.79. The molecule has 6 heteroatoms. The molecule has 2 amide bonds. The number of hydrogen-bond acceptors (Lipinski definition) is 4. The molecule has 1 aromatic rings. The molecule has 0 aromatic carbocycles. The average molecular weight is 334 g/mol. The van der Waals surface area contributed by atoms with Crippen LogP contribution in [0, 0.1) is 5.92 Å². The summed E-state index contributed by atoms with van der Waals surface area (Å²) in [6.45, 7) is 5.84. The number of carbonyl (C=O) groups excluding carboxylic acids is 1. The van der Waals surface area contributed by atoms with E-state index < -0.39 is 0 Å². The number of aromatic nitrogens is 1. The van der Waals surface area contributed by atoms with Crippen molar-refractivity contribution in [2.45, 2.75) is 32.2 Å². The van der Waals surface area contributed by atoms with Gasteiger partial charge in [0.05, 0.1) is 12.6 Å². The molecular formula is C18H30N4O2. The van der Waals surface area contributed by atoms with Gasteiger partial charge in [0, 0.05) is 32.5 Å². The molecule has 0 radical (unpaired) electrons. The Hall–Kier alpha value is -1.66. The standard InChI is InChI=1S/C18H30N4O2/c1-3-17(16-5-4-8-19-13-16)20-18(24)21(2)14-15-6-9-22(10-7-15)11-12-23/h4-5,8,13,15,17,23H,3,6-7,9-12,14H2,1-2H3,(H,20,24)/t17-/m1/s1. The van der Waals surface area contributed by atoms with Crippen LogP contribution in [0.2, 0.25) is 0 Å². The van der Waals surface area contributed by atoms with E-state index >= 15 is 0 Å². The van der Waals surface area contributed by atoms with Crippen LogP contribution in [0.5, 0.6) is 0 Å². The maximum atomic E-state index is 12.5. The van der Waals surface area contributed by atoms with Gasteiger partial charge in [0.25, 0.3) is 0 Å². The normalized spacial score (nSPS) is 17.5. The van der Waals surface area contributed by atoms with Gasteiger partial charge in [-0.15, -0.1) is 0 Å². The summed E-state index contributed by atoms with van der Waals surface area (Å²) in [5, 5.41) is 12.1. The van der Waals surface area contributed by atoms with Gasteiger partial charge in [0.2, 0.25) is 0 Å². The summed E-state index contributed by atoms with van der Waals surface area (Å²) in [5.41, 5.74) is 1.04. The minimum atomic E-state index is -0.0245. The lowest BCUT2D eigenvalue weighted by molar-refractivity contribution is 0.132. The van der Waals surface area contributed by atoms with Crippen LogP contribution in [-0.2, 0) is 0 Å². The monoisotopic (exact) mass is 334 g/mol. The molecule has 1 aromatic heterocycles. The number of aliphatic hydroxyl groups is 1. The van der Waals surface area contributed by atoms with Gasteiger partial charge in [-0.3, -0.25) is 4.98 Å². The molecule has 2 rings (SSSR count). The summed E-state index contributed by atoms with van der Waals surface area (Å²) in [6, 6.07) is 3.87. The molecule has 1 aliphatic rings. The second kappa shape index (κ2) is 9.59. The van der Waals surface area contributed by atoms with E-state index in [1.807, 2.05) is 25.4 Å². The summed E-state index contributed by atoms with van der Waals surface area (Å²) < 4.78 is 0. The van der Waals surface area contributed by atoms with Crippen LogP contribution >= 0.6 is 0 Å². The van der Waals surface area contributed by atoms with E-state index in [0.29, 0.717) is 5.92 Å². The Morgan fingerprint density at radius 3 is 2.83 bits per heavy atom. The zero-order chi connectivity index (χ0) is 17.4. The number of likely N-dealkylation sites (tertiary alicyclic amines) is 1. The highest BCUT2D eigenvalue weighted by Crippen LogP contribution is 2.19. The summed E-state index contributed by atoms with van der Waals surface area (Å²) in [6.07, 6.45) is 6.55. The lowest BCUT2D eigenvalue weighted by Crippen LogP contribution is -2.44. The summed E-state index contributed by atoms with van der Waals surface area (Å²) in [7, 11) is 1.87. The van der Waals surface area contributed by atoms with E-state index in [2.05, 4.69) is 22.1 Å². The van der Waals surface area contributed by atoms with Gasteiger partial charge in [-0.1, -0.05) is 13.0 Å². The first-order valence-electron chi connectivity index (χ1n) is 8.88. The van der Waals surface area contributed by atoms with Gasteiger partial charge in [0.15, 0.2) is 0 Å². The SMILES string of the molecule is CC[C@@H](NC(=O)N(C)CC1CCN(CCO)CC1)c1cccnc1. The van der Waals surface area contributed by atoms with Crippen LogP contribution in [-0.4, -0.2) is 65.8 Å². The topological polar surface area (TPSA) is 68.7 Å². The van der Waals surface area contributed by atoms with Crippen LogP contribution in [0.25, 0.3) is 0 Å². The summed E-state index contributed by atoms with van der Waals surface area (Å²) in [4.78, 5) is 20.7. The Kier molecular flexibility index (Phi) is 7.46. The predicted molar refractivity (Wildman–Crippen MR) is 94.7 cm³/mol. The Morgan fingerprint density at radius 2 is 2.25 bits per heavy atom. The Bertz CT molecular complexity index is 489. The third-order valence-electron chi connectivity index (χ3n) is 4.79. The van der Waals surface area contributed by atoms with E-state index in [9.17, 15) is 4.79 Å². The number of pyridine rings is 1. The summed E-state index contributed by atoms with van der Waals surface area (Å²) >= 11 is 0. The van der Waals surface area contributed by atoms with Crippen molar-refractivity contribution < 1.29 is 9.90 Å². The zero-order valence-corrected chi connectivity index (χ0v) is 14.8. The number of carbonyl (C=O) groups is 1. The van der Waals surface area contributed by atoms with Gasteiger partial charge in [0.1, 0.15) is 0 Å². The fourth-order valence-corrected chi connectivity index (χ4v) is 3.27. The van der Waals surface area contributed by atoms with Crippen LogP contribution in [0.4, 0.5) is 4.79 Å². The Morgan fingerprint density at radius 1 is 1.50 bits per heavy atom. The molecule has 0 aliphatic carbocycles. The molecule has 134 valence electrons. The minimum absolute atomic E-state index is 0.0000477. The van der Waals surface area contributed by atoms with Crippen LogP contribution in [0.15, 0.2) is 24.5 Å². The van der Waals surface area contributed by atoms with Crippen molar-refractivity contribution in [2.75, 3.05) is 39.8 Å². The lowest BCUT2D eigenvalue weighted by Gasteiger charge is -2.33. The molecule has 1 atom stereocenters. The maximum absolute atomic E-state index is 12.5. The van der Waals surface area contributed by atoms with Crippen molar-refractivity contribution >= 4 is 6.03 Å². The van der Waals surface area contributed by atoms with Crippen molar-refractivity contribution in [3.05, 3.63) is 30.1 Å². The number of hydrogen-bond donors (Lipinski definition) is 2. The second-order valence-corrected chi connectivity index (χ2v) is 6.59. The number of rotatable bonds is 7. The molecule has 1 aliphatic heterocycles. The highest BCUT2D eigenvalue weighted by atomic mass is 16.3. The molecule has 0 saturated carbocycles. The summed E-state index contributed by atoms with van der Waals surface area (Å²) in [5.74, 6) is 0.536. The van der Waals surface area contributed by atoms with Gasteiger partial charge in [-0.05, 0) is 49.9 Å². The molecule has 24 heavy (non-hydrogen) atoms. The quantitative estimate of drug-likeness (QED) is 0.799. The van der Waals surface area contributed by atoms with Gasteiger partial charge in [-0.25, -0.2) is 4.79 Å². The highest BCUT2D eigenvalue weighted by Gasteiger charge is 2.22. The van der Waals surface area contributed by atoms with E-state index in [0.717, 1.165) is 51.0 Å². The molecule has 1 saturated heterocycles. The van der Waals surface area contributed by atoms with Gasteiger partial charge >= 0.3 is 6.03 Å². The van der Waals surface area contributed by atoms with Crippen molar-refractivity contribution in [1.82, 2.24) is 20.1 Å². The first kappa shape index (κ1) is 18.7. The van der Waals surface area contributed by atoms with Crippen molar-refractivity contribution in [1.29, 1.82) is 0 Å². The van der Waals surface area contributed by atoms with E-state index in [1.54, 1.807) is 11.1 Å². The number of urea groups is 1. The first-order valence-corrected chi connectivity index (χ1v) is 8.88. The number of amides is 2. The fourth-order valence-electron chi connectivity index (χ4n) is 3.27. The molecule has 0 spiro atoms. The van der Waals surface area contributed by atoms with E-state index in [1.165, 1.54) is 0 Å². The number of nitrogens with one attached hydrogen (secondary N) is 1. The van der Waals surface area contributed by atoms with Crippen molar-refractivity contribution in [3.63, 3.8) is 0 Å². The number of β-amino-alcohol motifs (C(OH)–C–C–N with tert-alkyl or cyclic N) is 1. The van der Waals surface area contributed by atoms with E-state index in [-0.39, 0.29) is 18.7 Å². The smallest absolute Gasteiger partial charge is 0.317 e. The third kappa shape index (κ3) is 5.46. The number of aliphatic hydroxyl groups excluding tert-OH is 1. The highest BCUT2D eigenvalue weighted by molar-refractivity contribution is 5.74. The largest absolute Gasteiger partial charge is 0.395 e. The van der Waals surface area contributed by atoms with Gasteiger partial charge in [-0.2, -0.15) is 0 Å². The second-order valence-electron chi connectivity index (χ2n) is 6.59. The van der Waals surface area contributed by atoms with Gasteiger partial charge < -0.3 is 20.2 Å². The molecule has 0 unspecified atom stereocenters. The molecule has 6 nitrogen and oxygen atoms in total. The number of piperidine rings is 1. The first-order chi connectivity index (χ1) is 11.6. The lowest BCUT2D eigenvalue weighted by atomic mass is 9.96. The molecular weight excluding hydrogens is 304 g/mol. The van der Waals surface area contributed by atoms with Crippen LogP contribution in [0.1, 0.15) is 37.8 Å². The molecule has 2 N–H and O–H groups in total. The Labute approximate surface area is 144 Å². The van der Waals surface area contributed by atoms with Crippen molar-refractivity contribution in [2.24, 2.45) is 5.92 Å². The number of nitrogens with zero attached hydrogens (tertiary/aromatic N) is 3. The van der Waals surface area contributed by atoms with E-state index in [4.69, 9.17) is 5.11 Å².